The number of hydrogen-bond acceptors (Lipinski definition) is 3. The van der Waals surface area contributed by atoms with Crippen LogP contribution in [-0.2, 0) is 11.3 Å². The van der Waals surface area contributed by atoms with Gasteiger partial charge in [-0.3, -0.25) is 4.79 Å². The van der Waals surface area contributed by atoms with E-state index in [0.717, 1.165) is 22.3 Å². The summed E-state index contributed by atoms with van der Waals surface area (Å²) in [6.07, 6.45) is 0. The molecule has 0 radical (unpaired) electrons. The van der Waals surface area contributed by atoms with Gasteiger partial charge in [0, 0.05) is 29.8 Å². The van der Waals surface area contributed by atoms with Crippen LogP contribution in [0.4, 0.5) is 5.69 Å². The van der Waals surface area contributed by atoms with Gasteiger partial charge in [-0.15, -0.1) is 0 Å². The monoisotopic (exact) mass is 313 g/mol. The van der Waals surface area contributed by atoms with Gasteiger partial charge in [0.15, 0.2) is 0 Å². The molecule has 0 saturated carbocycles. The quantitative estimate of drug-likeness (QED) is 0.843. The third-order valence-corrected chi connectivity index (χ3v) is 3.09. The normalized spacial score (nSPS) is 10.2. The third kappa shape index (κ3) is 4.31. The Balaban J connectivity index is 2.87. The van der Waals surface area contributed by atoms with Crippen molar-refractivity contribution in [1.82, 2.24) is 5.32 Å². The molecule has 4 nitrogen and oxygen atoms in total. The van der Waals surface area contributed by atoms with Crippen molar-refractivity contribution in [3.8, 4) is 0 Å². The zero-order valence-corrected chi connectivity index (χ0v) is 12.5. The lowest BCUT2D eigenvalue weighted by atomic mass is 10.2. The summed E-state index contributed by atoms with van der Waals surface area (Å²) in [5, 5.41) is 2.81. The highest BCUT2D eigenvalue weighted by atomic mass is 79.9. The Kier molecular flexibility index (Phi) is 6.15. The Hall–Kier alpha value is -1.07. The molecule has 0 aliphatic heterocycles. The van der Waals surface area contributed by atoms with Crippen molar-refractivity contribution in [1.29, 1.82) is 0 Å². The molecule has 0 fully saturated rings. The minimum Gasteiger partial charge on any atom is -0.362 e. The molecule has 3 N–H and O–H groups in total. The largest absolute Gasteiger partial charge is 0.362 e. The highest BCUT2D eigenvalue weighted by Gasteiger charge is 2.10. The molecular formula is C13H20BrN3O. The van der Waals surface area contributed by atoms with Gasteiger partial charge < -0.3 is 16.0 Å². The van der Waals surface area contributed by atoms with Crippen LogP contribution < -0.4 is 16.0 Å². The molecule has 1 rings (SSSR count). The first-order chi connectivity index (χ1) is 8.60. The second kappa shape index (κ2) is 7.38. The van der Waals surface area contributed by atoms with E-state index >= 15 is 0 Å². The van der Waals surface area contributed by atoms with Gasteiger partial charge in [-0.25, -0.2) is 0 Å². The summed E-state index contributed by atoms with van der Waals surface area (Å²) >= 11 is 3.47. The molecule has 1 aromatic carbocycles. The number of nitrogens with one attached hydrogen (secondary N) is 1. The second-order valence-corrected chi connectivity index (χ2v) is 4.91. The number of nitrogens with two attached hydrogens (primary N) is 1. The molecule has 18 heavy (non-hydrogen) atoms. The molecule has 0 aromatic heterocycles. The summed E-state index contributed by atoms with van der Waals surface area (Å²) in [5.74, 6) is 0.0358. The molecule has 1 amide bonds. The average Bonchev–Trinajstić information content (AvgIpc) is 2.35. The summed E-state index contributed by atoms with van der Waals surface area (Å²) < 4.78 is 0.981. The van der Waals surface area contributed by atoms with E-state index in [0.29, 0.717) is 19.6 Å². The van der Waals surface area contributed by atoms with Crippen LogP contribution in [0.25, 0.3) is 0 Å². The van der Waals surface area contributed by atoms with Crippen LogP contribution in [0.3, 0.4) is 0 Å². The van der Waals surface area contributed by atoms with E-state index in [2.05, 4.69) is 21.2 Å². The minimum absolute atomic E-state index is 0.0358. The Morgan fingerprint density at radius 2 is 2.11 bits per heavy atom. The van der Waals surface area contributed by atoms with Crippen molar-refractivity contribution < 1.29 is 4.79 Å². The first kappa shape index (κ1) is 15.0. The maximum atomic E-state index is 11.6. The molecule has 100 valence electrons. The van der Waals surface area contributed by atoms with E-state index in [1.54, 1.807) is 0 Å². The molecule has 0 saturated heterocycles. The topological polar surface area (TPSA) is 58.4 Å². The maximum absolute atomic E-state index is 11.6. The summed E-state index contributed by atoms with van der Waals surface area (Å²) in [7, 11) is 0. The van der Waals surface area contributed by atoms with Gasteiger partial charge in [-0.1, -0.05) is 15.9 Å². The predicted molar refractivity (Wildman–Crippen MR) is 78.6 cm³/mol. The van der Waals surface area contributed by atoms with E-state index < -0.39 is 0 Å². The second-order valence-electron chi connectivity index (χ2n) is 3.99. The lowest BCUT2D eigenvalue weighted by Gasteiger charge is -2.23. The van der Waals surface area contributed by atoms with Gasteiger partial charge in [0.1, 0.15) is 0 Å². The summed E-state index contributed by atoms with van der Waals surface area (Å²) in [5.41, 5.74) is 7.72. The Morgan fingerprint density at radius 3 is 2.67 bits per heavy atom. The number of carbonyl (C=O) groups is 1. The first-order valence-corrected chi connectivity index (χ1v) is 6.91. The van der Waals surface area contributed by atoms with E-state index in [9.17, 15) is 4.79 Å². The summed E-state index contributed by atoms with van der Waals surface area (Å²) in [6.45, 7) is 6.23. The zero-order valence-electron chi connectivity index (χ0n) is 10.9. The Morgan fingerprint density at radius 1 is 1.39 bits per heavy atom. The summed E-state index contributed by atoms with van der Waals surface area (Å²) in [6, 6.07) is 6.01. The van der Waals surface area contributed by atoms with Gasteiger partial charge in [0.25, 0.3) is 0 Å². The Bertz CT molecular complexity index is 409. The number of nitrogens with zero attached hydrogens (tertiary/aromatic N) is 1. The number of halogens is 1. The average molecular weight is 314 g/mol. The number of likely N-dealkylation sites (N-methyl/N-ethyl adjacent to an activating group) is 2. The van der Waals surface area contributed by atoms with Crippen LogP contribution >= 0.6 is 15.9 Å². The molecule has 0 aliphatic carbocycles. The maximum Gasteiger partial charge on any atom is 0.239 e. The fraction of sp³-hybridized carbons (Fsp3) is 0.462. The molecule has 5 heteroatoms. The van der Waals surface area contributed by atoms with Crippen LogP contribution in [0, 0.1) is 0 Å². The standard InChI is InChI=1S/C13H20BrN3O/c1-3-16-13(18)9-17(4-2)12-6-10(8-15)5-11(14)7-12/h5-7H,3-4,8-9,15H2,1-2H3,(H,16,18). The van der Waals surface area contributed by atoms with Crippen molar-refractivity contribution in [3.05, 3.63) is 28.2 Å². The van der Waals surface area contributed by atoms with Crippen LogP contribution in [0.15, 0.2) is 22.7 Å². The zero-order chi connectivity index (χ0) is 13.5. The SMILES string of the molecule is CCNC(=O)CN(CC)c1cc(Br)cc(CN)c1. The van der Waals surface area contributed by atoms with Crippen LogP contribution in [0.1, 0.15) is 19.4 Å². The van der Waals surface area contributed by atoms with E-state index in [1.807, 2.05) is 36.9 Å². The van der Waals surface area contributed by atoms with Crippen LogP contribution in [-0.4, -0.2) is 25.5 Å². The molecular weight excluding hydrogens is 294 g/mol. The highest BCUT2D eigenvalue weighted by Crippen LogP contribution is 2.22. The van der Waals surface area contributed by atoms with Crippen molar-refractivity contribution in [2.45, 2.75) is 20.4 Å². The molecule has 0 atom stereocenters. The lowest BCUT2D eigenvalue weighted by Crippen LogP contribution is -2.37. The van der Waals surface area contributed by atoms with Gasteiger partial charge in [-0.2, -0.15) is 0 Å². The van der Waals surface area contributed by atoms with E-state index in [1.165, 1.54) is 0 Å². The fourth-order valence-electron chi connectivity index (χ4n) is 1.75. The molecule has 0 bridgehead atoms. The van der Waals surface area contributed by atoms with Crippen molar-refractivity contribution >= 4 is 27.5 Å². The molecule has 0 spiro atoms. The minimum atomic E-state index is 0.0358. The van der Waals surface area contributed by atoms with Gasteiger partial charge >= 0.3 is 0 Å². The number of rotatable bonds is 6. The van der Waals surface area contributed by atoms with Crippen molar-refractivity contribution in [2.24, 2.45) is 5.73 Å². The molecule has 0 unspecified atom stereocenters. The highest BCUT2D eigenvalue weighted by molar-refractivity contribution is 9.10. The van der Waals surface area contributed by atoms with Crippen LogP contribution in [0.2, 0.25) is 0 Å². The summed E-state index contributed by atoms with van der Waals surface area (Å²) in [4.78, 5) is 13.7. The van der Waals surface area contributed by atoms with Crippen LogP contribution in [0.5, 0.6) is 0 Å². The smallest absolute Gasteiger partial charge is 0.239 e. The predicted octanol–water partition coefficient (Wildman–Crippen LogP) is 1.87. The molecule has 0 heterocycles. The van der Waals surface area contributed by atoms with Crippen molar-refractivity contribution in [3.63, 3.8) is 0 Å². The number of amides is 1. The van der Waals surface area contributed by atoms with Gasteiger partial charge in [-0.05, 0) is 37.6 Å². The molecule has 1 aromatic rings. The number of anilines is 1. The Labute approximate surface area is 117 Å². The van der Waals surface area contributed by atoms with E-state index in [4.69, 9.17) is 5.73 Å². The lowest BCUT2D eigenvalue weighted by molar-refractivity contribution is -0.119. The molecule has 0 aliphatic rings. The van der Waals surface area contributed by atoms with E-state index in [-0.39, 0.29) is 5.91 Å². The number of benzene rings is 1. The van der Waals surface area contributed by atoms with Gasteiger partial charge in [0.05, 0.1) is 6.54 Å². The third-order valence-electron chi connectivity index (χ3n) is 2.63. The van der Waals surface area contributed by atoms with Gasteiger partial charge in [0.2, 0.25) is 5.91 Å². The fourth-order valence-corrected chi connectivity index (χ4v) is 2.27. The number of carbonyl (C=O) groups excluding carboxylic acids is 1. The first-order valence-electron chi connectivity index (χ1n) is 6.11. The number of hydrogen-bond donors (Lipinski definition) is 2. The van der Waals surface area contributed by atoms with Crippen molar-refractivity contribution in [2.75, 3.05) is 24.5 Å².